The molecule has 0 atom stereocenters. The van der Waals surface area contributed by atoms with E-state index < -0.39 is 6.09 Å². The van der Waals surface area contributed by atoms with Crippen LogP contribution in [0, 0.1) is 0 Å². The summed E-state index contributed by atoms with van der Waals surface area (Å²) < 4.78 is 10.5. The van der Waals surface area contributed by atoms with Crippen LogP contribution in [0.4, 0.5) is 10.5 Å². The quantitative estimate of drug-likeness (QED) is 0.612. The zero-order chi connectivity index (χ0) is 14.4. The summed E-state index contributed by atoms with van der Waals surface area (Å²) in [6.45, 7) is 3.01. The summed E-state index contributed by atoms with van der Waals surface area (Å²) in [4.78, 5) is 23.3. The fourth-order valence-corrected chi connectivity index (χ4v) is 1.58. The van der Waals surface area contributed by atoms with Gasteiger partial charge >= 0.3 is 6.09 Å². The third-order valence-electron chi connectivity index (χ3n) is 2.73. The van der Waals surface area contributed by atoms with Crippen molar-refractivity contribution in [2.75, 3.05) is 40.4 Å². The van der Waals surface area contributed by atoms with Gasteiger partial charge in [0.25, 0.3) is 0 Å². The molecule has 1 saturated heterocycles. The molecule has 0 aromatic carbocycles. The van der Waals surface area contributed by atoms with Crippen molar-refractivity contribution in [3.8, 4) is 5.75 Å². The van der Waals surface area contributed by atoms with E-state index in [-0.39, 0.29) is 0 Å². The highest BCUT2D eigenvalue weighted by Crippen LogP contribution is 2.25. The number of morpholine rings is 1. The first-order valence-corrected chi connectivity index (χ1v) is 6.36. The Morgan fingerprint density at radius 1 is 1.50 bits per heavy atom. The average molecular weight is 278 g/mol. The van der Waals surface area contributed by atoms with Crippen molar-refractivity contribution in [2.24, 2.45) is 4.99 Å². The Morgan fingerprint density at radius 2 is 2.25 bits per heavy atom. The SMILES string of the molecule is CN(C)C(=O)Oc1cnccc1N=CN1CCOCC1. The van der Waals surface area contributed by atoms with Crippen molar-refractivity contribution in [2.45, 2.75) is 0 Å². The topological polar surface area (TPSA) is 67.3 Å². The predicted molar refractivity (Wildman–Crippen MR) is 74.5 cm³/mol. The lowest BCUT2D eigenvalue weighted by molar-refractivity contribution is 0.0701. The molecule has 1 aliphatic heterocycles. The number of carbonyl (C=O) groups excluding carboxylic acids is 1. The Balaban J connectivity index is 2.07. The molecule has 108 valence electrons. The standard InChI is InChI=1S/C13H18N4O3/c1-16(2)13(18)20-12-9-14-4-3-11(12)15-10-17-5-7-19-8-6-17/h3-4,9-10H,5-8H2,1-2H3. The van der Waals surface area contributed by atoms with Crippen LogP contribution in [-0.2, 0) is 4.74 Å². The Kier molecular flexibility index (Phi) is 4.89. The summed E-state index contributed by atoms with van der Waals surface area (Å²) in [6, 6.07) is 1.70. The van der Waals surface area contributed by atoms with Gasteiger partial charge < -0.3 is 19.3 Å². The molecule has 1 aliphatic rings. The highest BCUT2D eigenvalue weighted by Gasteiger charge is 2.11. The van der Waals surface area contributed by atoms with Crippen LogP contribution in [-0.4, -0.2) is 67.6 Å². The normalized spacial score (nSPS) is 15.4. The second kappa shape index (κ2) is 6.85. The zero-order valence-corrected chi connectivity index (χ0v) is 11.7. The summed E-state index contributed by atoms with van der Waals surface area (Å²) in [6.07, 6.45) is 4.37. The second-order valence-electron chi connectivity index (χ2n) is 4.50. The fourth-order valence-electron chi connectivity index (χ4n) is 1.58. The van der Waals surface area contributed by atoms with E-state index in [1.807, 2.05) is 0 Å². The summed E-state index contributed by atoms with van der Waals surface area (Å²) >= 11 is 0. The molecule has 1 amide bonds. The maximum absolute atomic E-state index is 11.6. The fraction of sp³-hybridized carbons (Fsp3) is 0.462. The van der Waals surface area contributed by atoms with Crippen LogP contribution in [0.5, 0.6) is 5.75 Å². The van der Waals surface area contributed by atoms with Crippen molar-refractivity contribution in [3.63, 3.8) is 0 Å². The Bertz CT molecular complexity index is 484. The van der Waals surface area contributed by atoms with E-state index in [0.717, 1.165) is 13.1 Å². The van der Waals surface area contributed by atoms with E-state index in [0.29, 0.717) is 24.7 Å². The first kappa shape index (κ1) is 14.3. The van der Waals surface area contributed by atoms with Gasteiger partial charge in [0.2, 0.25) is 0 Å². The van der Waals surface area contributed by atoms with Crippen LogP contribution >= 0.6 is 0 Å². The maximum Gasteiger partial charge on any atom is 0.414 e. The van der Waals surface area contributed by atoms with Crippen LogP contribution in [0.15, 0.2) is 23.5 Å². The largest absolute Gasteiger partial charge is 0.414 e. The molecule has 0 unspecified atom stereocenters. The molecule has 0 saturated carbocycles. The molecule has 7 heteroatoms. The van der Waals surface area contributed by atoms with Gasteiger partial charge in [-0.1, -0.05) is 0 Å². The van der Waals surface area contributed by atoms with Gasteiger partial charge in [0.1, 0.15) is 5.69 Å². The van der Waals surface area contributed by atoms with Crippen molar-refractivity contribution in [3.05, 3.63) is 18.5 Å². The molecule has 2 heterocycles. The zero-order valence-electron chi connectivity index (χ0n) is 11.7. The monoisotopic (exact) mass is 278 g/mol. The van der Waals surface area contributed by atoms with Gasteiger partial charge in [-0.2, -0.15) is 0 Å². The number of hydrogen-bond donors (Lipinski definition) is 0. The molecule has 20 heavy (non-hydrogen) atoms. The van der Waals surface area contributed by atoms with Crippen LogP contribution in [0.25, 0.3) is 0 Å². The van der Waals surface area contributed by atoms with Crippen molar-refractivity contribution < 1.29 is 14.3 Å². The van der Waals surface area contributed by atoms with Gasteiger partial charge in [0.15, 0.2) is 5.75 Å². The van der Waals surface area contributed by atoms with E-state index in [9.17, 15) is 4.79 Å². The third kappa shape index (κ3) is 3.92. The molecule has 0 spiro atoms. The average Bonchev–Trinajstić information content (AvgIpc) is 2.47. The number of aromatic nitrogens is 1. The van der Waals surface area contributed by atoms with Crippen molar-refractivity contribution >= 4 is 18.1 Å². The highest BCUT2D eigenvalue weighted by molar-refractivity contribution is 5.73. The first-order valence-electron chi connectivity index (χ1n) is 6.36. The molecular formula is C13H18N4O3. The number of rotatable bonds is 3. The second-order valence-corrected chi connectivity index (χ2v) is 4.50. The van der Waals surface area contributed by atoms with E-state index in [4.69, 9.17) is 9.47 Å². The summed E-state index contributed by atoms with van der Waals surface area (Å²) in [5, 5.41) is 0. The molecule has 0 radical (unpaired) electrons. The summed E-state index contributed by atoms with van der Waals surface area (Å²) in [5.74, 6) is 0.343. The molecule has 0 bridgehead atoms. The van der Waals surface area contributed by atoms with Crippen LogP contribution < -0.4 is 4.74 Å². The molecule has 1 fully saturated rings. The van der Waals surface area contributed by atoms with Crippen LogP contribution in [0.3, 0.4) is 0 Å². The molecule has 1 aromatic rings. The number of aliphatic imine (C=N–C) groups is 1. The maximum atomic E-state index is 11.6. The lowest BCUT2D eigenvalue weighted by atomic mass is 10.4. The van der Waals surface area contributed by atoms with Gasteiger partial charge in [-0.05, 0) is 6.07 Å². The number of ether oxygens (including phenoxy) is 2. The van der Waals surface area contributed by atoms with E-state index >= 15 is 0 Å². The molecule has 7 nitrogen and oxygen atoms in total. The van der Waals surface area contributed by atoms with Crippen LogP contribution in [0.2, 0.25) is 0 Å². The van der Waals surface area contributed by atoms with Crippen molar-refractivity contribution in [1.82, 2.24) is 14.8 Å². The summed E-state index contributed by atoms with van der Waals surface area (Å²) in [7, 11) is 3.24. The van der Waals surface area contributed by atoms with Gasteiger partial charge in [-0.15, -0.1) is 0 Å². The molecule has 1 aromatic heterocycles. The van der Waals surface area contributed by atoms with E-state index in [1.165, 1.54) is 11.1 Å². The van der Waals surface area contributed by atoms with Crippen LogP contribution in [0.1, 0.15) is 0 Å². The van der Waals surface area contributed by atoms with Gasteiger partial charge in [0, 0.05) is 33.4 Å². The minimum absolute atomic E-state index is 0.343. The predicted octanol–water partition coefficient (Wildman–Crippen LogP) is 1.13. The number of pyridine rings is 1. The number of amides is 1. The highest BCUT2D eigenvalue weighted by atomic mass is 16.6. The van der Waals surface area contributed by atoms with E-state index in [2.05, 4.69) is 14.9 Å². The van der Waals surface area contributed by atoms with E-state index in [1.54, 1.807) is 32.7 Å². The lowest BCUT2D eigenvalue weighted by Crippen LogP contribution is -2.35. The summed E-state index contributed by atoms with van der Waals surface area (Å²) in [5.41, 5.74) is 0.571. The molecular weight excluding hydrogens is 260 g/mol. The van der Waals surface area contributed by atoms with Gasteiger partial charge in [-0.3, -0.25) is 4.98 Å². The first-order chi connectivity index (χ1) is 9.66. The van der Waals surface area contributed by atoms with Gasteiger partial charge in [-0.25, -0.2) is 9.79 Å². The minimum atomic E-state index is -0.458. The number of hydrogen-bond acceptors (Lipinski definition) is 5. The number of nitrogens with zero attached hydrogens (tertiary/aromatic N) is 4. The molecule has 2 rings (SSSR count). The lowest BCUT2D eigenvalue weighted by Gasteiger charge is -2.24. The minimum Gasteiger partial charge on any atom is -0.406 e. The Morgan fingerprint density at radius 3 is 2.95 bits per heavy atom. The van der Waals surface area contributed by atoms with Crippen molar-refractivity contribution in [1.29, 1.82) is 0 Å². The molecule has 0 aliphatic carbocycles. The molecule has 0 N–H and O–H groups in total. The third-order valence-corrected chi connectivity index (χ3v) is 2.73. The number of carbonyl (C=O) groups is 1. The Labute approximate surface area is 117 Å². The smallest absolute Gasteiger partial charge is 0.406 e. The Hall–Kier alpha value is -2.15. The van der Waals surface area contributed by atoms with Gasteiger partial charge in [0.05, 0.1) is 25.7 Å².